The second kappa shape index (κ2) is 7.75. The van der Waals surface area contributed by atoms with Crippen molar-refractivity contribution < 1.29 is 23.6 Å². The van der Waals surface area contributed by atoms with Crippen LogP contribution in [0.1, 0.15) is 21.5 Å². The van der Waals surface area contributed by atoms with Crippen molar-refractivity contribution in [3.05, 3.63) is 53.1 Å². The Morgan fingerprint density at radius 2 is 1.61 bits per heavy atom. The minimum Gasteiger partial charge on any atom is -0.496 e. The van der Waals surface area contributed by atoms with Crippen LogP contribution in [0.15, 0.2) is 36.4 Å². The van der Waals surface area contributed by atoms with Crippen LogP contribution >= 0.6 is 8.46 Å². The molecular formula is C17H17O5P. The molecular weight excluding hydrogens is 315 g/mol. The van der Waals surface area contributed by atoms with Crippen LogP contribution in [-0.2, 0) is 10.7 Å². The first-order chi connectivity index (χ1) is 11.2. The molecule has 0 spiro atoms. The molecule has 23 heavy (non-hydrogen) atoms. The lowest BCUT2D eigenvalue weighted by molar-refractivity contribution is 0.103. The van der Waals surface area contributed by atoms with Gasteiger partial charge in [0.05, 0.1) is 27.5 Å². The molecule has 0 radical (unpaired) electrons. The van der Waals surface area contributed by atoms with Gasteiger partial charge in [0.25, 0.3) is 0 Å². The molecule has 0 aliphatic rings. The third kappa shape index (κ3) is 3.51. The van der Waals surface area contributed by atoms with E-state index in [0.717, 1.165) is 0 Å². The van der Waals surface area contributed by atoms with Crippen molar-refractivity contribution in [2.24, 2.45) is 0 Å². The lowest BCUT2D eigenvalue weighted by Crippen LogP contribution is -2.09. The summed E-state index contributed by atoms with van der Waals surface area (Å²) in [6, 6.07) is 10.3. The molecule has 2 rings (SSSR count). The number of carbonyl (C=O) groups is 1. The zero-order valence-electron chi connectivity index (χ0n) is 13.2. The molecule has 0 aliphatic heterocycles. The summed E-state index contributed by atoms with van der Waals surface area (Å²) < 4.78 is 26.8. The molecule has 0 amide bonds. The van der Waals surface area contributed by atoms with E-state index in [2.05, 4.69) is 0 Å². The monoisotopic (exact) mass is 332 g/mol. The van der Waals surface area contributed by atoms with Gasteiger partial charge in [-0.25, -0.2) is 0 Å². The number of hydrogen-bond donors (Lipinski definition) is 0. The van der Waals surface area contributed by atoms with E-state index in [1.807, 2.05) is 0 Å². The number of carbonyl (C=O) groups excluding carboxylic acids is 1. The summed E-state index contributed by atoms with van der Waals surface area (Å²) >= 11 is 0. The van der Waals surface area contributed by atoms with Crippen molar-refractivity contribution in [1.82, 2.24) is 0 Å². The number of ether oxygens (including phenoxy) is 3. The first-order valence-electron chi connectivity index (χ1n) is 6.88. The predicted octanol–water partition coefficient (Wildman–Crippen LogP) is 3.74. The molecule has 0 aliphatic carbocycles. The summed E-state index contributed by atoms with van der Waals surface area (Å²) in [6.45, 7) is 0. The molecule has 6 heteroatoms. The predicted molar refractivity (Wildman–Crippen MR) is 87.3 cm³/mol. The maximum atomic E-state index is 13.0. The van der Waals surface area contributed by atoms with Gasteiger partial charge >= 0.3 is 0 Å². The lowest BCUT2D eigenvalue weighted by atomic mass is 9.97. The highest BCUT2D eigenvalue weighted by Gasteiger charge is 2.23. The highest BCUT2D eigenvalue weighted by Crippen LogP contribution is 2.36. The van der Waals surface area contributed by atoms with Crippen LogP contribution in [0.25, 0.3) is 0 Å². The minimum absolute atomic E-state index is 0.0435. The smallest absolute Gasteiger partial charge is 0.200 e. The van der Waals surface area contributed by atoms with Crippen LogP contribution in [0.4, 0.5) is 0 Å². The number of ketones is 1. The van der Waals surface area contributed by atoms with E-state index in [1.165, 1.54) is 21.3 Å². The molecule has 2 aromatic rings. The first kappa shape index (κ1) is 17.0. The van der Waals surface area contributed by atoms with E-state index < -0.39 is 0 Å². The van der Waals surface area contributed by atoms with Crippen molar-refractivity contribution >= 4 is 14.2 Å². The van der Waals surface area contributed by atoms with Gasteiger partial charge in [-0.05, 0) is 5.56 Å². The Morgan fingerprint density at radius 1 is 1.00 bits per heavy atom. The Balaban J connectivity index is 2.61. The topological polar surface area (TPSA) is 61.8 Å². The van der Waals surface area contributed by atoms with Crippen LogP contribution in [0.3, 0.4) is 0 Å². The number of rotatable bonds is 7. The van der Waals surface area contributed by atoms with E-state index in [-0.39, 0.29) is 20.4 Å². The molecule has 2 aromatic carbocycles. The van der Waals surface area contributed by atoms with Crippen LogP contribution in [-0.4, -0.2) is 27.1 Å². The van der Waals surface area contributed by atoms with E-state index in [4.69, 9.17) is 14.2 Å². The van der Waals surface area contributed by atoms with Crippen LogP contribution in [0, 0.1) is 0 Å². The molecule has 0 heterocycles. The van der Waals surface area contributed by atoms with E-state index in [0.29, 0.717) is 33.9 Å². The molecule has 0 atom stereocenters. The van der Waals surface area contributed by atoms with Crippen molar-refractivity contribution in [3.8, 4) is 17.2 Å². The van der Waals surface area contributed by atoms with Gasteiger partial charge < -0.3 is 14.2 Å². The maximum Gasteiger partial charge on any atom is 0.200 e. The van der Waals surface area contributed by atoms with Crippen LogP contribution in [0.2, 0.25) is 0 Å². The van der Waals surface area contributed by atoms with Gasteiger partial charge in [-0.1, -0.05) is 24.3 Å². The minimum atomic E-state index is -0.249. The highest BCUT2D eigenvalue weighted by atomic mass is 31.1. The van der Waals surface area contributed by atoms with Gasteiger partial charge in [-0.2, -0.15) is 0 Å². The second-order valence-electron chi connectivity index (χ2n) is 4.68. The summed E-state index contributed by atoms with van der Waals surface area (Å²) in [5.41, 5.74) is 1.48. The third-order valence-corrected chi connectivity index (χ3v) is 3.91. The quantitative estimate of drug-likeness (QED) is 0.571. The fourth-order valence-electron chi connectivity index (χ4n) is 2.31. The molecule has 0 saturated carbocycles. The summed E-state index contributed by atoms with van der Waals surface area (Å²) in [5.74, 6) is 1.00. The van der Waals surface area contributed by atoms with Gasteiger partial charge in [0.1, 0.15) is 22.8 Å². The number of benzene rings is 2. The standard InChI is InChI=1S/C17H17O5P/c1-20-12-8-14(21-2)16(15(9-12)22-3)17(18)13-7-5-4-6-11(13)10-23-19/h4-9H,10H2,1-3H3. The van der Waals surface area contributed by atoms with Gasteiger partial charge in [0, 0.05) is 17.7 Å². The van der Waals surface area contributed by atoms with E-state index >= 15 is 0 Å². The fourth-order valence-corrected chi connectivity index (χ4v) is 2.73. The fraction of sp³-hybridized carbons (Fsp3) is 0.235. The second-order valence-corrected chi connectivity index (χ2v) is 5.25. The Bertz CT molecular complexity index is 702. The van der Waals surface area contributed by atoms with Crippen LogP contribution in [0.5, 0.6) is 17.2 Å². The number of methoxy groups -OCH3 is 3. The maximum absolute atomic E-state index is 13.0. The summed E-state index contributed by atoms with van der Waals surface area (Å²) in [6.07, 6.45) is 0.267. The Kier molecular flexibility index (Phi) is 5.72. The number of hydrogen-bond acceptors (Lipinski definition) is 5. The van der Waals surface area contributed by atoms with Crippen molar-refractivity contribution in [1.29, 1.82) is 0 Å². The van der Waals surface area contributed by atoms with Gasteiger partial charge in [-0.15, -0.1) is 0 Å². The van der Waals surface area contributed by atoms with Gasteiger partial charge in [0.15, 0.2) is 8.46 Å². The van der Waals surface area contributed by atoms with Gasteiger partial charge in [0.2, 0.25) is 5.78 Å². The molecule has 5 nitrogen and oxygen atoms in total. The summed E-state index contributed by atoms with van der Waals surface area (Å²) in [4.78, 5) is 13.0. The Labute approximate surface area is 136 Å². The van der Waals surface area contributed by atoms with Crippen molar-refractivity contribution in [2.75, 3.05) is 21.3 Å². The molecule has 0 bridgehead atoms. The summed E-state index contributed by atoms with van der Waals surface area (Å²) in [5, 5.41) is 0. The Morgan fingerprint density at radius 3 is 2.13 bits per heavy atom. The first-order valence-corrected chi connectivity index (χ1v) is 7.87. The average molecular weight is 332 g/mol. The largest absolute Gasteiger partial charge is 0.496 e. The zero-order chi connectivity index (χ0) is 16.8. The lowest BCUT2D eigenvalue weighted by Gasteiger charge is -2.15. The molecule has 0 saturated heterocycles. The molecule has 0 N–H and O–H groups in total. The summed E-state index contributed by atoms with van der Waals surface area (Å²) in [7, 11) is 4.44. The molecule has 0 unspecified atom stereocenters. The SMILES string of the molecule is COc1cc(OC)c(C(=O)c2ccccc2CP=O)c(OC)c1. The normalized spacial score (nSPS) is 10.4. The highest BCUT2D eigenvalue weighted by molar-refractivity contribution is 7.22. The third-order valence-electron chi connectivity index (χ3n) is 3.44. The van der Waals surface area contributed by atoms with E-state index in [9.17, 15) is 9.36 Å². The molecule has 0 aromatic heterocycles. The zero-order valence-corrected chi connectivity index (χ0v) is 14.1. The van der Waals surface area contributed by atoms with Gasteiger partial charge in [-0.3, -0.25) is 9.36 Å². The van der Waals surface area contributed by atoms with E-state index in [1.54, 1.807) is 36.4 Å². The van der Waals surface area contributed by atoms with Crippen molar-refractivity contribution in [3.63, 3.8) is 0 Å². The molecule has 0 fully saturated rings. The molecule has 120 valence electrons. The average Bonchev–Trinajstić information content (AvgIpc) is 2.60. The van der Waals surface area contributed by atoms with Crippen LogP contribution < -0.4 is 14.2 Å². The Hall–Kier alpha value is -2.39. The van der Waals surface area contributed by atoms with Crippen molar-refractivity contribution in [2.45, 2.75) is 6.16 Å².